The van der Waals surface area contributed by atoms with Crippen LogP contribution in [0.1, 0.15) is 24.2 Å². The molecule has 0 saturated carbocycles. The molecule has 106 valence electrons. The third-order valence-electron chi connectivity index (χ3n) is 2.53. The minimum atomic E-state index is -4.43. The van der Waals surface area contributed by atoms with Gasteiger partial charge in [0.25, 0.3) is 0 Å². The lowest BCUT2D eigenvalue weighted by atomic mass is 10.1. The molecule has 0 spiro atoms. The molecule has 0 atom stereocenters. The summed E-state index contributed by atoms with van der Waals surface area (Å²) in [5.74, 6) is -1.29. The van der Waals surface area contributed by atoms with E-state index in [0.29, 0.717) is 0 Å². The highest BCUT2D eigenvalue weighted by Crippen LogP contribution is 2.29. The van der Waals surface area contributed by atoms with Crippen LogP contribution < -0.4 is 10.6 Å². The molecule has 0 aliphatic carbocycles. The second kappa shape index (κ2) is 5.38. The van der Waals surface area contributed by atoms with Crippen molar-refractivity contribution in [3.63, 3.8) is 0 Å². The Labute approximate surface area is 108 Å². The first-order valence-electron chi connectivity index (χ1n) is 5.58. The molecule has 1 aromatic carbocycles. The van der Waals surface area contributed by atoms with Crippen LogP contribution in [-0.2, 0) is 0 Å². The molecule has 0 heterocycles. The van der Waals surface area contributed by atoms with E-state index in [1.807, 2.05) is 0 Å². The molecule has 4 nitrogen and oxygen atoms in total. The van der Waals surface area contributed by atoms with Crippen molar-refractivity contribution >= 4 is 17.3 Å². The molecule has 19 heavy (non-hydrogen) atoms. The van der Waals surface area contributed by atoms with Gasteiger partial charge in [-0.3, -0.25) is 0 Å². The van der Waals surface area contributed by atoms with Crippen molar-refractivity contribution < 1.29 is 23.1 Å². The highest BCUT2D eigenvalue weighted by atomic mass is 19.4. The summed E-state index contributed by atoms with van der Waals surface area (Å²) in [6, 6.07) is 3.29. The van der Waals surface area contributed by atoms with Gasteiger partial charge in [0, 0.05) is 11.7 Å². The standard InChI is InChI=1S/C12H15F3N2O2/c1-7(2)17(6-12(13,14)15)10-5-8(16)3-4-9(10)11(18)19/h3-5,7H,6,16H2,1-2H3,(H,18,19). The zero-order valence-corrected chi connectivity index (χ0v) is 10.5. The molecule has 0 unspecified atom stereocenters. The molecular weight excluding hydrogens is 261 g/mol. The number of anilines is 2. The molecule has 0 aliphatic rings. The number of carboxylic acid groups (broad SMARTS) is 1. The number of alkyl halides is 3. The lowest BCUT2D eigenvalue weighted by Crippen LogP contribution is -2.40. The van der Waals surface area contributed by atoms with Crippen molar-refractivity contribution in [3.05, 3.63) is 23.8 Å². The Morgan fingerprint density at radius 3 is 2.42 bits per heavy atom. The molecule has 0 radical (unpaired) electrons. The number of nitrogens with two attached hydrogens (primary N) is 1. The molecule has 7 heteroatoms. The van der Waals surface area contributed by atoms with E-state index in [0.717, 1.165) is 4.90 Å². The van der Waals surface area contributed by atoms with Crippen molar-refractivity contribution in [1.82, 2.24) is 0 Å². The van der Waals surface area contributed by atoms with Crippen LogP contribution >= 0.6 is 0 Å². The maximum absolute atomic E-state index is 12.6. The molecule has 0 aliphatic heterocycles. The van der Waals surface area contributed by atoms with Gasteiger partial charge >= 0.3 is 12.1 Å². The summed E-state index contributed by atoms with van der Waals surface area (Å²) in [5.41, 5.74) is 5.51. The average molecular weight is 276 g/mol. The number of aromatic carboxylic acids is 1. The smallest absolute Gasteiger partial charge is 0.405 e. The molecule has 0 aromatic heterocycles. The Morgan fingerprint density at radius 2 is 2.00 bits per heavy atom. The predicted molar refractivity (Wildman–Crippen MR) is 66.4 cm³/mol. The van der Waals surface area contributed by atoms with Gasteiger partial charge in [-0.2, -0.15) is 13.2 Å². The lowest BCUT2D eigenvalue weighted by Gasteiger charge is -2.31. The summed E-state index contributed by atoms with van der Waals surface area (Å²) in [7, 11) is 0. The zero-order chi connectivity index (χ0) is 14.8. The van der Waals surface area contributed by atoms with Crippen molar-refractivity contribution in [2.45, 2.75) is 26.1 Å². The lowest BCUT2D eigenvalue weighted by molar-refractivity contribution is -0.120. The van der Waals surface area contributed by atoms with Crippen LogP contribution in [0.4, 0.5) is 24.5 Å². The number of nitrogens with zero attached hydrogens (tertiary/aromatic N) is 1. The maximum Gasteiger partial charge on any atom is 0.405 e. The van der Waals surface area contributed by atoms with Crippen LogP contribution in [0.2, 0.25) is 0 Å². The Kier molecular flexibility index (Phi) is 4.28. The average Bonchev–Trinajstić information content (AvgIpc) is 2.23. The van der Waals surface area contributed by atoms with Gasteiger partial charge < -0.3 is 15.7 Å². The molecule has 1 rings (SSSR count). The number of rotatable bonds is 4. The van der Waals surface area contributed by atoms with Crippen molar-refractivity contribution in [3.8, 4) is 0 Å². The van der Waals surface area contributed by atoms with E-state index >= 15 is 0 Å². The van der Waals surface area contributed by atoms with Crippen LogP contribution in [0.25, 0.3) is 0 Å². The number of benzene rings is 1. The van der Waals surface area contributed by atoms with Crippen LogP contribution in [0, 0.1) is 0 Å². The number of carboxylic acids is 1. The first kappa shape index (κ1) is 15.1. The van der Waals surface area contributed by atoms with Gasteiger partial charge in [-0.15, -0.1) is 0 Å². The maximum atomic E-state index is 12.6. The molecule has 0 fully saturated rings. The second-order valence-corrected chi connectivity index (χ2v) is 4.42. The van der Waals surface area contributed by atoms with Gasteiger partial charge in [-0.1, -0.05) is 0 Å². The minimum absolute atomic E-state index is 0.0279. The first-order valence-corrected chi connectivity index (χ1v) is 5.58. The van der Waals surface area contributed by atoms with Gasteiger partial charge in [0.1, 0.15) is 6.54 Å². The van der Waals surface area contributed by atoms with Crippen molar-refractivity contribution in [1.29, 1.82) is 0 Å². The Morgan fingerprint density at radius 1 is 1.42 bits per heavy atom. The third-order valence-corrected chi connectivity index (χ3v) is 2.53. The van der Waals surface area contributed by atoms with Crippen LogP contribution in [0.15, 0.2) is 18.2 Å². The fourth-order valence-corrected chi connectivity index (χ4v) is 1.71. The van der Waals surface area contributed by atoms with E-state index < -0.39 is 24.7 Å². The summed E-state index contributed by atoms with van der Waals surface area (Å²) >= 11 is 0. The summed E-state index contributed by atoms with van der Waals surface area (Å²) in [4.78, 5) is 12.0. The zero-order valence-electron chi connectivity index (χ0n) is 10.5. The largest absolute Gasteiger partial charge is 0.478 e. The molecule has 0 saturated heterocycles. The highest BCUT2D eigenvalue weighted by molar-refractivity contribution is 5.95. The Bertz CT molecular complexity index is 473. The second-order valence-electron chi connectivity index (χ2n) is 4.42. The predicted octanol–water partition coefficient (Wildman–Crippen LogP) is 2.74. The van der Waals surface area contributed by atoms with Gasteiger partial charge in [0.2, 0.25) is 0 Å². The van der Waals surface area contributed by atoms with Crippen LogP contribution in [-0.4, -0.2) is 29.8 Å². The Hall–Kier alpha value is -1.92. The number of carbonyl (C=O) groups is 1. The normalized spacial score (nSPS) is 11.7. The van der Waals surface area contributed by atoms with Gasteiger partial charge in [-0.05, 0) is 32.0 Å². The summed E-state index contributed by atoms with van der Waals surface area (Å²) < 4.78 is 37.7. The molecule has 0 amide bonds. The minimum Gasteiger partial charge on any atom is -0.478 e. The number of hydrogen-bond acceptors (Lipinski definition) is 3. The van der Waals surface area contributed by atoms with E-state index in [1.54, 1.807) is 13.8 Å². The fraction of sp³-hybridized carbons (Fsp3) is 0.417. The monoisotopic (exact) mass is 276 g/mol. The van der Waals surface area contributed by atoms with Crippen LogP contribution in [0.5, 0.6) is 0 Å². The van der Waals surface area contributed by atoms with Crippen molar-refractivity contribution in [2.24, 2.45) is 0 Å². The number of nitrogen functional groups attached to an aromatic ring is 1. The SMILES string of the molecule is CC(C)N(CC(F)(F)F)c1cc(N)ccc1C(=O)O. The van der Waals surface area contributed by atoms with Crippen molar-refractivity contribution in [2.75, 3.05) is 17.2 Å². The molecule has 0 bridgehead atoms. The summed E-state index contributed by atoms with van der Waals surface area (Å²) in [5, 5.41) is 9.04. The molecule has 1 aromatic rings. The van der Waals surface area contributed by atoms with E-state index in [9.17, 15) is 18.0 Å². The number of hydrogen-bond donors (Lipinski definition) is 2. The van der Waals surface area contributed by atoms with Gasteiger partial charge in [0.15, 0.2) is 0 Å². The quantitative estimate of drug-likeness (QED) is 0.830. The fourth-order valence-electron chi connectivity index (χ4n) is 1.71. The highest BCUT2D eigenvalue weighted by Gasteiger charge is 2.33. The van der Waals surface area contributed by atoms with Gasteiger partial charge in [0.05, 0.1) is 11.3 Å². The third kappa shape index (κ3) is 4.04. The van der Waals surface area contributed by atoms with E-state index in [2.05, 4.69) is 0 Å². The van der Waals surface area contributed by atoms with Crippen LogP contribution in [0.3, 0.4) is 0 Å². The summed E-state index contributed by atoms with van der Waals surface area (Å²) in [6.07, 6.45) is -4.43. The number of halogens is 3. The first-order chi connectivity index (χ1) is 8.61. The van der Waals surface area contributed by atoms with E-state index in [-0.39, 0.29) is 16.9 Å². The van der Waals surface area contributed by atoms with E-state index in [4.69, 9.17) is 10.8 Å². The Balaban J connectivity index is 3.29. The topological polar surface area (TPSA) is 66.6 Å². The molecule has 3 N–H and O–H groups in total. The molecular formula is C12H15F3N2O2. The summed E-state index contributed by atoms with van der Waals surface area (Å²) in [6.45, 7) is 1.88. The van der Waals surface area contributed by atoms with E-state index in [1.165, 1.54) is 18.2 Å². The van der Waals surface area contributed by atoms with Gasteiger partial charge in [-0.25, -0.2) is 4.79 Å².